The summed E-state index contributed by atoms with van der Waals surface area (Å²) in [6.07, 6.45) is -3.98. The molecule has 0 aliphatic carbocycles. The number of aryl methyl sites for hydroxylation is 2. The molecule has 192 valence electrons. The second kappa shape index (κ2) is 10.8. The number of benzene rings is 2. The molecule has 8 heteroatoms. The highest BCUT2D eigenvalue weighted by Crippen LogP contribution is 2.31. The molecule has 4 nitrogen and oxygen atoms in total. The molecule has 0 bridgehead atoms. The fourth-order valence-corrected chi connectivity index (χ4v) is 4.74. The standard InChI is InChI=1S/C28H32F4N4/c1-4-20-15-19(2)10-11-24(20)33-13-6-7-21-16-22-25(34-26-12-14-35(3)17-23(26)29)8-5-9-27(22)36(21)18-28(30,31)32/h5,8-11,15-16,23,26,33-34H,4,12-14,17-18H2,1-3H3. The van der Waals surface area contributed by atoms with Crippen LogP contribution in [0.5, 0.6) is 0 Å². The topological polar surface area (TPSA) is 32.2 Å². The molecule has 1 saturated heterocycles. The minimum atomic E-state index is -4.40. The van der Waals surface area contributed by atoms with E-state index in [-0.39, 0.29) is 5.69 Å². The van der Waals surface area contributed by atoms with Gasteiger partial charge in [0, 0.05) is 29.9 Å². The Hall–Kier alpha value is -3.18. The number of piperidine rings is 1. The maximum Gasteiger partial charge on any atom is 0.406 e. The van der Waals surface area contributed by atoms with Crippen LogP contribution >= 0.6 is 0 Å². The summed E-state index contributed by atoms with van der Waals surface area (Å²) in [6.45, 7) is 4.35. The van der Waals surface area contributed by atoms with Crippen molar-refractivity contribution in [2.75, 3.05) is 37.3 Å². The molecule has 1 aliphatic heterocycles. The molecule has 0 spiro atoms. The number of halogens is 4. The van der Waals surface area contributed by atoms with Crippen LogP contribution in [0.4, 0.5) is 28.9 Å². The zero-order chi connectivity index (χ0) is 25.9. The van der Waals surface area contributed by atoms with Gasteiger partial charge in [-0.2, -0.15) is 13.2 Å². The third kappa shape index (κ3) is 6.14. The predicted octanol–water partition coefficient (Wildman–Crippen LogP) is 5.99. The number of nitrogens with zero attached hydrogens (tertiary/aromatic N) is 2. The van der Waals surface area contributed by atoms with Gasteiger partial charge < -0.3 is 20.1 Å². The zero-order valence-electron chi connectivity index (χ0n) is 20.8. The molecule has 36 heavy (non-hydrogen) atoms. The van der Waals surface area contributed by atoms with Crippen molar-refractivity contribution in [3.05, 3.63) is 59.3 Å². The van der Waals surface area contributed by atoms with Gasteiger partial charge in [0.05, 0.1) is 23.8 Å². The first kappa shape index (κ1) is 25.9. The fourth-order valence-electron chi connectivity index (χ4n) is 4.74. The van der Waals surface area contributed by atoms with Gasteiger partial charge in [-0.25, -0.2) is 4.39 Å². The van der Waals surface area contributed by atoms with Crippen LogP contribution in [0.25, 0.3) is 10.9 Å². The molecule has 0 radical (unpaired) electrons. The Morgan fingerprint density at radius 1 is 1.11 bits per heavy atom. The smallest absolute Gasteiger partial charge is 0.379 e. The Bertz CT molecular complexity index is 1270. The SMILES string of the molecule is CCc1cc(C)ccc1NCC#Cc1cc2c(NC3CCN(C)CC3F)cccc2n1CC(F)(F)F. The van der Waals surface area contributed by atoms with Crippen molar-refractivity contribution in [1.29, 1.82) is 0 Å². The van der Waals surface area contributed by atoms with Crippen LogP contribution in [0.15, 0.2) is 42.5 Å². The van der Waals surface area contributed by atoms with Crippen molar-refractivity contribution in [2.24, 2.45) is 0 Å². The summed E-state index contributed by atoms with van der Waals surface area (Å²) in [6, 6.07) is 12.5. The van der Waals surface area contributed by atoms with Crippen LogP contribution in [0.3, 0.4) is 0 Å². The zero-order valence-corrected chi connectivity index (χ0v) is 20.8. The minimum Gasteiger partial charge on any atom is -0.379 e. The molecule has 0 saturated carbocycles. The molecular formula is C28H32F4N4. The van der Waals surface area contributed by atoms with Crippen molar-refractivity contribution in [1.82, 2.24) is 9.47 Å². The van der Waals surface area contributed by atoms with Gasteiger partial charge >= 0.3 is 6.18 Å². The van der Waals surface area contributed by atoms with Gasteiger partial charge in [0.1, 0.15) is 12.7 Å². The van der Waals surface area contributed by atoms with Gasteiger partial charge in [-0.15, -0.1) is 0 Å². The van der Waals surface area contributed by atoms with Crippen LogP contribution < -0.4 is 10.6 Å². The quantitative estimate of drug-likeness (QED) is 0.322. The lowest BCUT2D eigenvalue weighted by molar-refractivity contribution is -0.140. The molecule has 1 aliphatic rings. The van der Waals surface area contributed by atoms with E-state index in [2.05, 4.69) is 35.5 Å². The number of alkyl halides is 4. The van der Waals surface area contributed by atoms with E-state index < -0.39 is 24.9 Å². The average Bonchev–Trinajstić information content (AvgIpc) is 3.16. The van der Waals surface area contributed by atoms with Gasteiger partial charge in [-0.05, 0) is 62.6 Å². The maximum absolute atomic E-state index is 14.6. The second-order valence-electron chi connectivity index (χ2n) is 9.46. The number of aromatic nitrogens is 1. The third-order valence-electron chi connectivity index (χ3n) is 6.59. The van der Waals surface area contributed by atoms with Crippen LogP contribution in [-0.2, 0) is 13.0 Å². The first-order chi connectivity index (χ1) is 17.1. The summed E-state index contributed by atoms with van der Waals surface area (Å²) in [7, 11) is 1.88. The molecule has 2 heterocycles. The van der Waals surface area contributed by atoms with E-state index in [0.29, 0.717) is 36.1 Å². The summed E-state index contributed by atoms with van der Waals surface area (Å²) in [4.78, 5) is 1.94. The summed E-state index contributed by atoms with van der Waals surface area (Å²) < 4.78 is 56.2. The normalized spacial score (nSPS) is 18.6. The lowest BCUT2D eigenvalue weighted by Crippen LogP contribution is -2.46. The summed E-state index contributed by atoms with van der Waals surface area (Å²) >= 11 is 0. The van der Waals surface area contributed by atoms with Crippen molar-refractivity contribution < 1.29 is 17.6 Å². The molecule has 3 aromatic rings. The highest BCUT2D eigenvalue weighted by Gasteiger charge is 2.31. The Labute approximate surface area is 209 Å². The second-order valence-corrected chi connectivity index (χ2v) is 9.46. The number of likely N-dealkylation sites (tertiary alicyclic amines) is 1. The van der Waals surface area contributed by atoms with Gasteiger partial charge in [-0.1, -0.05) is 36.6 Å². The van der Waals surface area contributed by atoms with Gasteiger partial charge in [0.2, 0.25) is 0 Å². The average molecular weight is 501 g/mol. The molecule has 2 unspecified atom stereocenters. The number of rotatable bonds is 6. The van der Waals surface area contributed by atoms with Crippen molar-refractivity contribution in [3.8, 4) is 11.8 Å². The van der Waals surface area contributed by atoms with Crippen LogP contribution in [0.1, 0.15) is 30.2 Å². The van der Waals surface area contributed by atoms with E-state index in [1.165, 1.54) is 15.7 Å². The molecular weight excluding hydrogens is 468 g/mol. The van der Waals surface area contributed by atoms with E-state index in [1.54, 1.807) is 24.3 Å². The Balaban J connectivity index is 1.61. The van der Waals surface area contributed by atoms with Crippen LogP contribution in [0, 0.1) is 18.8 Å². The van der Waals surface area contributed by atoms with E-state index in [9.17, 15) is 17.6 Å². The summed E-state index contributed by atoms with van der Waals surface area (Å²) in [5.41, 5.74) is 4.63. The molecule has 2 aromatic carbocycles. The Morgan fingerprint density at radius 2 is 1.92 bits per heavy atom. The van der Waals surface area contributed by atoms with Gasteiger partial charge in [0.15, 0.2) is 0 Å². The summed E-state index contributed by atoms with van der Waals surface area (Å²) in [5, 5.41) is 7.13. The highest BCUT2D eigenvalue weighted by molar-refractivity contribution is 5.94. The van der Waals surface area contributed by atoms with E-state index >= 15 is 0 Å². The Kier molecular flexibility index (Phi) is 7.79. The molecule has 2 N–H and O–H groups in total. The largest absolute Gasteiger partial charge is 0.406 e. The number of nitrogens with one attached hydrogen (secondary N) is 2. The van der Waals surface area contributed by atoms with Crippen molar-refractivity contribution in [3.63, 3.8) is 0 Å². The third-order valence-corrected chi connectivity index (χ3v) is 6.59. The van der Waals surface area contributed by atoms with E-state index in [1.807, 2.05) is 31.0 Å². The first-order valence-electron chi connectivity index (χ1n) is 12.2. The number of fused-ring (bicyclic) bond motifs is 1. The molecule has 4 rings (SSSR count). The van der Waals surface area contributed by atoms with Gasteiger partial charge in [-0.3, -0.25) is 0 Å². The molecule has 2 atom stereocenters. The lowest BCUT2D eigenvalue weighted by Gasteiger charge is -2.33. The van der Waals surface area contributed by atoms with Crippen molar-refractivity contribution in [2.45, 2.75) is 51.6 Å². The monoisotopic (exact) mass is 500 g/mol. The minimum absolute atomic E-state index is 0.276. The molecule has 1 fully saturated rings. The van der Waals surface area contributed by atoms with Crippen LogP contribution in [-0.4, -0.2) is 54.5 Å². The first-order valence-corrected chi connectivity index (χ1v) is 12.2. The Morgan fingerprint density at radius 3 is 2.64 bits per heavy atom. The molecule has 1 aromatic heterocycles. The number of hydrogen-bond acceptors (Lipinski definition) is 3. The van der Waals surface area contributed by atoms with Gasteiger partial charge in [0.25, 0.3) is 0 Å². The fraction of sp³-hybridized carbons (Fsp3) is 0.429. The summed E-state index contributed by atoms with van der Waals surface area (Å²) in [5.74, 6) is 5.91. The predicted molar refractivity (Wildman–Crippen MR) is 138 cm³/mol. The van der Waals surface area contributed by atoms with Crippen molar-refractivity contribution >= 4 is 22.3 Å². The van der Waals surface area contributed by atoms with E-state index in [4.69, 9.17) is 0 Å². The molecule has 0 amide bonds. The van der Waals surface area contributed by atoms with Crippen LogP contribution in [0.2, 0.25) is 0 Å². The van der Waals surface area contributed by atoms with E-state index in [0.717, 1.165) is 18.7 Å². The lowest BCUT2D eigenvalue weighted by atomic mass is 10.0. The maximum atomic E-state index is 14.6. The number of anilines is 2. The number of hydrogen-bond donors (Lipinski definition) is 2. The highest BCUT2D eigenvalue weighted by atomic mass is 19.4.